The van der Waals surface area contributed by atoms with E-state index in [1.54, 1.807) is 20.1 Å². The number of nitrogens with zero attached hydrogens (tertiary/aromatic N) is 4. The Morgan fingerprint density at radius 3 is 2.36 bits per heavy atom. The molecule has 2 saturated heterocycles. The summed E-state index contributed by atoms with van der Waals surface area (Å²) in [5.41, 5.74) is 1.53. The second kappa shape index (κ2) is 14.0. The summed E-state index contributed by atoms with van der Waals surface area (Å²) in [5.74, 6) is 0.647. The molecule has 212 valence electrons. The number of carbonyl (C=O) groups excluding carboxylic acids is 2. The number of nitrogens with one attached hydrogen (secondary N) is 3. The van der Waals surface area contributed by atoms with E-state index in [4.69, 9.17) is 16.3 Å². The Morgan fingerprint density at radius 2 is 1.85 bits per heavy atom. The van der Waals surface area contributed by atoms with E-state index >= 15 is 0 Å². The third kappa shape index (κ3) is 8.21. The molecule has 2 fully saturated rings. The molecule has 2 aromatic rings. The smallest absolute Gasteiger partial charge is 0.271 e. The number of amides is 2. The molecule has 2 amide bonds. The molecule has 2 aliphatic rings. The molecular weight excluding hydrogens is 522 g/mol. The first-order valence-electron chi connectivity index (χ1n) is 13.0. The predicted molar refractivity (Wildman–Crippen MR) is 155 cm³/mol. The molecule has 0 spiro atoms. The maximum Gasteiger partial charge on any atom is 0.271 e. The first kappa shape index (κ1) is 30.0. The lowest BCUT2D eigenvalue weighted by molar-refractivity contribution is -0.127. The number of benzene rings is 1. The molecule has 11 nitrogen and oxygen atoms in total. The summed E-state index contributed by atoms with van der Waals surface area (Å²) in [7, 11) is 5.74. The minimum Gasteiger partial charge on any atom is -0.494 e. The molecule has 0 saturated carbocycles. The maximum atomic E-state index is 12.1. The Hall–Kier alpha value is -3.57. The van der Waals surface area contributed by atoms with Gasteiger partial charge in [-0.2, -0.15) is 0 Å². The van der Waals surface area contributed by atoms with E-state index < -0.39 is 5.56 Å². The monoisotopic (exact) mass is 559 g/mol. The van der Waals surface area contributed by atoms with E-state index in [1.807, 2.05) is 11.0 Å². The lowest BCUT2D eigenvalue weighted by Gasteiger charge is -2.37. The van der Waals surface area contributed by atoms with Crippen LogP contribution in [0.5, 0.6) is 5.75 Å². The SMILES string of the molecule is C=CC(=O)Nc1cc(Nc2ncc(Cl)c(=O)[nH]2)c(OC)cc1N1CCC(N(C)C)CC1.CC(=O)N1CCCC1. The maximum absolute atomic E-state index is 12.1. The number of halogens is 1. The summed E-state index contributed by atoms with van der Waals surface area (Å²) in [6, 6.07) is 4.14. The number of hydrogen-bond acceptors (Lipinski definition) is 8. The molecule has 1 aromatic carbocycles. The van der Waals surface area contributed by atoms with Gasteiger partial charge in [-0.3, -0.25) is 19.4 Å². The Morgan fingerprint density at radius 1 is 1.18 bits per heavy atom. The van der Waals surface area contributed by atoms with Gasteiger partial charge in [0.05, 0.1) is 30.4 Å². The van der Waals surface area contributed by atoms with Crippen molar-refractivity contribution in [2.45, 2.75) is 38.6 Å². The van der Waals surface area contributed by atoms with Crippen molar-refractivity contribution in [2.24, 2.45) is 0 Å². The van der Waals surface area contributed by atoms with Crippen LogP contribution in [0.4, 0.5) is 23.0 Å². The van der Waals surface area contributed by atoms with Gasteiger partial charge in [0, 0.05) is 45.2 Å². The summed E-state index contributed by atoms with van der Waals surface area (Å²) < 4.78 is 5.57. The molecule has 0 unspecified atom stereocenters. The molecule has 12 heteroatoms. The normalized spacial score (nSPS) is 15.4. The van der Waals surface area contributed by atoms with Gasteiger partial charge in [0.2, 0.25) is 17.8 Å². The van der Waals surface area contributed by atoms with E-state index in [-0.39, 0.29) is 22.8 Å². The van der Waals surface area contributed by atoms with Crippen LogP contribution in [0.15, 0.2) is 35.8 Å². The van der Waals surface area contributed by atoms with Crippen LogP contribution in [0.25, 0.3) is 0 Å². The van der Waals surface area contributed by atoms with Gasteiger partial charge < -0.3 is 30.1 Å². The molecule has 0 aliphatic carbocycles. The van der Waals surface area contributed by atoms with Crippen LogP contribution in [0, 0.1) is 0 Å². The third-order valence-corrected chi connectivity index (χ3v) is 7.13. The lowest BCUT2D eigenvalue weighted by atomic mass is 10.0. The largest absolute Gasteiger partial charge is 0.494 e. The van der Waals surface area contributed by atoms with E-state index in [0.29, 0.717) is 23.2 Å². The van der Waals surface area contributed by atoms with Crippen molar-refractivity contribution in [1.82, 2.24) is 19.8 Å². The van der Waals surface area contributed by atoms with Crippen LogP contribution in [-0.4, -0.2) is 85.0 Å². The number of piperidine rings is 1. The molecule has 39 heavy (non-hydrogen) atoms. The summed E-state index contributed by atoms with van der Waals surface area (Å²) >= 11 is 5.75. The van der Waals surface area contributed by atoms with Crippen LogP contribution in [0.1, 0.15) is 32.6 Å². The molecule has 0 radical (unpaired) electrons. The molecule has 3 N–H and O–H groups in total. The van der Waals surface area contributed by atoms with Crippen molar-refractivity contribution in [3.63, 3.8) is 0 Å². The number of hydrogen-bond donors (Lipinski definition) is 3. The van der Waals surface area contributed by atoms with E-state index in [2.05, 4.69) is 51.1 Å². The fraction of sp³-hybridized carbons (Fsp3) is 0.481. The number of ether oxygens (including phenoxy) is 1. The second-order valence-corrected chi connectivity index (χ2v) is 10.1. The number of likely N-dealkylation sites (tertiary alicyclic amines) is 1. The van der Waals surface area contributed by atoms with Crippen molar-refractivity contribution in [3.8, 4) is 5.75 Å². The topological polar surface area (TPSA) is 123 Å². The van der Waals surface area contributed by atoms with E-state index in [0.717, 1.165) is 44.7 Å². The fourth-order valence-corrected chi connectivity index (χ4v) is 4.70. The number of aromatic nitrogens is 2. The average Bonchev–Trinajstić information content (AvgIpc) is 3.47. The minimum absolute atomic E-state index is 0.00655. The highest BCUT2D eigenvalue weighted by Gasteiger charge is 2.24. The Balaban J connectivity index is 0.000000449. The van der Waals surface area contributed by atoms with Crippen LogP contribution in [-0.2, 0) is 9.59 Å². The number of carbonyl (C=O) groups is 2. The van der Waals surface area contributed by atoms with Gasteiger partial charge >= 0.3 is 0 Å². The standard InChI is InChI=1S/C21H27ClN6O3.C6H11NO/c1-5-19(29)24-15-10-16(25-21-23-12-14(22)20(30)26-21)18(31-4)11-17(15)28-8-6-13(7-9-28)27(2)3;1-6(8)7-4-2-3-5-7/h5,10-13H,1,6-9H2,2-4H3,(H,24,29)(H2,23,25,26,30);2-5H2,1H3. The van der Waals surface area contributed by atoms with Crippen LogP contribution < -0.4 is 25.8 Å². The first-order valence-corrected chi connectivity index (χ1v) is 13.3. The molecule has 1 aromatic heterocycles. The molecule has 4 rings (SSSR count). The van der Waals surface area contributed by atoms with Crippen molar-refractivity contribution in [2.75, 3.05) is 62.9 Å². The quantitative estimate of drug-likeness (QED) is 0.441. The predicted octanol–water partition coefficient (Wildman–Crippen LogP) is 3.46. The summed E-state index contributed by atoms with van der Waals surface area (Å²) in [4.78, 5) is 47.4. The van der Waals surface area contributed by atoms with E-state index in [1.165, 1.54) is 25.1 Å². The minimum atomic E-state index is -0.460. The second-order valence-electron chi connectivity index (χ2n) is 9.69. The zero-order chi connectivity index (χ0) is 28.5. The zero-order valence-electron chi connectivity index (χ0n) is 23.1. The number of rotatable bonds is 7. The number of H-pyrrole nitrogens is 1. The Kier molecular flexibility index (Phi) is 10.8. The molecule has 0 atom stereocenters. The van der Waals surface area contributed by atoms with Gasteiger partial charge in [-0.25, -0.2) is 4.98 Å². The third-order valence-electron chi connectivity index (χ3n) is 6.86. The first-order chi connectivity index (χ1) is 18.6. The van der Waals surface area contributed by atoms with E-state index in [9.17, 15) is 14.4 Å². The van der Waals surface area contributed by atoms with Gasteiger partial charge in [0.15, 0.2) is 0 Å². The Labute approximate surface area is 234 Å². The highest BCUT2D eigenvalue weighted by atomic mass is 35.5. The van der Waals surface area contributed by atoms with Gasteiger partial charge in [0.1, 0.15) is 10.8 Å². The number of methoxy groups -OCH3 is 1. The summed E-state index contributed by atoms with van der Waals surface area (Å²) in [6.45, 7) is 8.83. The van der Waals surface area contributed by atoms with Gasteiger partial charge in [-0.15, -0.1) is 0 Å². The molecular formula is C27H38ClN7O4. The van der Waals surface area contributed by atoms with Gasteiger partial charge in [0.25, 0.3) is 5.56 Å². The van der Waals surface area contributed by atoms with Crippen molar-refractivity contribution in [3.05, 3.63) is 46.4 Å². The fourth-order valence-electron chi connectivity index (χ4n) is 4.61. The van der Waals surface area contributed by atoms with Crippen molar-refractivity contribution >= 4 is 46.4 Å². The number of anilines is 4. The highest BCUT2D eigenvalue weighted by Crippen LogP contribution is 2.39. The average molecular weight is 560 g/mol. The van der Waals surface area contributed by atoms with Crippen molar-refractivity contribution in [1.29, 1.82) is 0 Å². The van der Waals surface area contributed by atoms with Crippen LogP contribution in [0.3, 0.4) is 0 Å². The Bertz CT molecular complexity index is 1220. The van der Waals surface area contributed by atoms with Gasteiger partial charge in [-0.1, -0.05) is 18.2 Å². The van der Waals surface area contributed by atoms with Crippen LogP contribution in [0.2, 0.25) is 5.02 Å². The summed E-state index contributed by atoms with van der Waals surface area (Å²) in [5, 5.41) is 5.89. The van der Waals surface area contributed by atoms with Crippen molar-refractivity contribution < 1.29 is 14.3 Å². The molecule has 3 heterocycles. The highest BCUT2D eigenvalue weighted by molar-refractivity contribution is 6.30. The number of aromatic amines is 1. The zero-order valence-corrected chi connectivity index (χ0v) is 23.8. The van der Waals surface area contributed by atoms with Gasteiger partial charge in [-0.05, 0) is 51.9 Å². The summed E-state index contributed by atoms with van der Waals surface area (Å²) in [6.07, 6.45) is 6.90. The molecule has 0 bridgehead atoms. The lowest BCUT2D eigenvalue weighted by Crippen LogP contribution is -2.42. The molecule has 2 aliphatic heterocycles. The van der Waals surface area contributed by atoms with Crippen LogP contribution >= 0.6 is 11.6 Å².